The van der Waals surface area contributed by atoms with Gasteiger partial charge in [-0.25, -0.2) is 0 Å². The molecule has 1 nitrogen and oxygen atoms in total. The van der Waals surface area contributed by atoms with Gasteiger partial charge in [0.05, 0.1) is 4.99 Å². The van der Waals surface area contributed by atoms with Crippen LogP contribution in [0.3, 0.4) is 0 Å². The van der Waals surface area contributed by atoms with E-state index in [0.717, 1.165) is 17.0 Å². The van der Waals surface area contributed by atoms with Crippen LogP contribution in [0.4, 0.5) is 0 Å². The summed E-state index contributed by atoms with van der Waals surface area (Å²) in [5.41, 5.74) is 1.12. The lowest BCUT2D eigenvalue weighted by Crippen LogP contribution is -2.19. The Bertz CT molecular complexity index is 127. The third-order valence-electron chi connectivity index (χ3n) is 0.952. The first kappa shape index (κ1) is 8.63. The Morgan fingerprint density at radius 1 is 1.56 bits per heavy atom. The Morgan fingerprint density at radius 3 is 2.11 bits per heavy atom. The van der Waals surface area contributed by atoms with Crippen LogP contribution in [0.2, 0.25) is 0 Å². The maximum absolute atomic E-state index is 5.02. The van der Waals surface area contributed by atoms with Gasteiger partial charge in [-0.05, 0) is 6.92 Å². The van der Waals surface area contributed by atoms with Crippen molar-refractivity contribution in [1.29, 1.82) is 0 Å². The summed E-state index contributed by atoms with van der Waals surface area (Å²) < 4.78 is 0. The van der Waals surface area contributed by atoms with Crippen LogP contribution in [-0.2, 0) is 0 Å². The molecule has 0 fully saturated rings. The fourth-order valence-corrected chi connectivity index (χ4v) is 0.663. The Labute approximate surface area is 62.4 Å². The Balaban J connectivity index is 3.64. The number of hydrogen-bond acceptors (Lipinski definition) is 1. The molecule has 0 aromatic heterocycles. The van der Waals surface area contributed by atoms with E-state index >= 15 is 0 Å². The van der Waals surface area contributed by atoms with Gasteiger partial charge < -0.3 is 4.90 Å². The second kappa shape index (κ2) is 3.62. The molecule has 0 saturated carbocycles. The summed E-state index contributed by atoms with van der Waals surface area (Å²) in [5, 5.41) is 0. The van der Waals surface area contributed by atoms with Crippen molar-refractivity contribution in [2.45, 2.75) is 13.3 Å². The van der Waals surface area contributed by atoms with Crippen molar-refractivity contribution in [3.8, 4) is 0 Å². The van der Waals surface area contributed by atoms with Gasteiger partial charge in [-0.15, -0.1) is 0 Å². The molecular formula is C7H13NS. The first-order valence-corrected chi connectivity index (χ1v) is 3.29. The van der Waals surface area contributed by atoms with Gasteiger partial charge in [-0.2, -0.15) is 0 Å². The molecule has 0 unspecified atom stereocenters. The smallest absolute Gasteiger partial charge is 0.0814 e. The average Bonchev–Trinajstić information content (AvgIpc) is 1.63. The van der Waals surface area contributed by atoms with Crippen LogP contribution >= 0.6 is 12.2 Å². The lowest BCUT2D eigenvalue weighted by atomic mass is 10.2. The zero-order valence-corrected chi connectivity index (χ0v) is 7.09. The van der Waals surface area contributed by atoms with Gasteiger partial charge in [0, 0.05) is 20.5 Å². The van der Waals surface area contributed by atoms with Crippen LogP contribution in [-0.4, -0.2) is 24.0 Å². The summed E-state index contributed by atoms with van der Waals surface area (Å²) in [7, 11) is 3.90. The molecule has 0 amide bonds. The monoisotopic (exact) mass is 143 g/mol. The molecule has 0 rings (SSSR count). The minimum atomic E-state index is 0.836. The lowest BCUT2D eigenvalue weighted by molar-refractivity contribution is 0.624. The van der Waals surface area contributed by atoms with E-state index in [1.54, 1.807) is 0 Å². The normalized spacial score (nSPS) is 8.78. The van der Waals surface area contributed by atoms with Crippen molar-refractivity contribution in [3.05, 3.63) is 12.2 Å². The van der Waals surface area contributed by atoms with Gasteiger partial charge in [0.25, 0.3) is 0 Å². The largest absolute Gasteiger partial charge is 0.372 e. The number of rotatable bonds is 2. The third-order valence-corrected chi connectivity index (χ3v) is 1.46. The molecule has 0 aromatic rings. The predicted molar refractivity (Wildman–Crippen MR) is 45.7 cm³/mol. The van der Waals surface area contributed by atoms with Gasteiger partial charge in [0.1, 0.15) is 0 Å². The zero-order valence-electron chi connectivity index (χ0n) is 6.27. The molecule has 0 aliphatic heterocycles. The topological polar surface area (TPSA) is 3.24 Å². The van der Waals surface area contributed by atoms with E-state index in [1.165, 1.54) is 0 Å². The summed E-state index contributed by atoms with van der Waals surface area (Å²) >= 11 is 5.02. The molecule has 0 saturated heterocycles. The third kappa shape index (κ3) is 4.15. The van der Waals surface area contributed by atoms with Gasteiger partial charge in [0.2, 0.25) is 0 Å². The molecule has 2 heteroatoms. The highest BCUT2D eigenvalue weighted by atomic mass is 32.1. The van der Waals surface area contributed by atoms with E-state index in [2.05, 4.69) is 6.58 Å². The minimum absolute atomic E-state index is 0.836. The van der Waals surface area contributed by atoms with Crippen molar-refractivity contribution in [2.75, 3.05) is 14.1 Å². The van der Waals surface area contributed by atoms with Gasteiger partial charge in [-0.1, -0.05) is 24.4 Å². The van der Waals surface area contributed by atoms with E-state index in [-0.39, 0.29) is 0 Å². The van der Waals surface area contributed by atoms with Crippen molar-refractivity contribution in [2.24, 2.45) is 0 Å². The van der Waals surface area contributed by atoms with Crippen LogP contribution in [0.15, 0.2) is 12.2 Å². The van der Waals surface area contributed by atoms with Crippen molar-refractivity contribution >= 4 is 17.2 Å². The van der Waals surface area contributed by atoms with Crippen LogP contribution < -0.4 is 0 Å². The Morgan fingerprint density at radius 2 is 2.00 bits per heavy atom. The van der Waals surface area contributed by atoms with Crippen molar-refractivity contribution < 1.29 is 0 Å². The van der Waals surface area contributed by atoms with Crippen molar-refractivity contribution in [1.82, 2.24) is 4.90 Å². The maximum atomic E-state index is 5.02. The summed E-state index contributed by atoms with van der Waals surface area (Å²) in [4.78, 5) is 2.88. The van der Waals surface area contributed by atoms with E-state index in [9.17, 15) is 0 Å². The molecule has 0 atom stereocenters. The van der Waals surface area contributed by atoms with Crippen LogP contribution in [0, 0.1) is 0 Å². The summed E-state index contributed by atoms with van der Waals surface area (Å²) in [6.45, 7) is 5.75. The van der Waals surface area contributed by atoms with E-state index in [0.29, 0.717) is 0 Å². The molecule has 52 valence electrons. The number of nitrogens with zero attached hydrogens (tertiary/aromatic N) is 1. The summed E-state index contributed by atoms with van der Waals surface area (Å²) in [5.74, 6) is 0. The molecular weight excluding hydrogens is 130 g/mol. The first-order valence-electron chi connectivity index (χ1n) is 2.88. The Kier molecular flexibility index (Phi) is 3.47. The highest BCUT2D eigenvalue weighted by Gasteiger charge is 1.96. The van der Waals surface area contributed by atoms with Crippen LogP contribution in [0.25, 0.3) is 0 Å². The highest BCUT2D eigenvalue weighted by molar-refractivity contribution is 7.80. The quantitative estimate of drug-likeness (QED) is 0.428. The molecule has 0 spiro atoms. The van der Waals surface area contributed by atoms with Crippen molar-refractivity contribution in [3.63, 3.8) is 0 Å². The summed E-state index contributed by atoms with van der Waals surface area (Å²) in [6.07, 6.45) is 0.836. The molecule has 0 radical (unpaired) electrons. The lowest BCUT2D eigenvalue weighted by Gasteiger charge is -2.12. The van der Waals surface area contributed by atoms with Gasteiger partial charge in [-0.3, -0.25) is 0 Å². The molecule has 9 heavy (non-hydrogen) atoms. The summed E-state index contributed by atoms with van der Waals surface area (Å²) in [6, 6.07) is 0. The maximum Gasteiger partial charge on any atom is 0.0814 e. The molecule has 0 N–H and O–H groups in total. The van der Waals surface area contributed by atoms with E-state index < -0.39 is 0 Å². The minimum Gasteiger partial charge on any atom is -0.372 e. The zero-order chi connectivity index (χ0) is 7.44. The van der Waals surface area contributed by atoms with E-state index in [1.807, 2.05) is 25.9 Å². The van der Waals surface area contributed by atoms with Gasteiger partial charge >= 0.3 is 0 Å². The van der Waals surface area contributed by atoms with E-state index in [4.69, 9.17) is 12.2 Å². The molecule has 0 heterocycles. The fourth-order valence-electron chi connectivity index (χ4n) is 0.416. The van der Waals surface area contributed by atoms with Crippen LogP contribution in [0.5, 0.6) is 0 Å². The number of hydrogen-bond donors (Lipinski definition) is 0. The van der Waals surface area contributed by atoms with Gasteiger partial charge in [0.15, 0.2) is 0 Å². The van der Waals surface area contributed by atoms with Crippen LogP contribution in [0.1, 0.15) is 13.3 Å². The second-order valence-electron chi connectivity index (χ2n) is 2.42. The highest BCUT2D eigenvalue weighted by Crippen LogP contribution is 1.99. The standard InChI is InChI=1S/C7H13NS/c1-6(2)5-7(9)8(3)4/h1,5H2,2-4H3. The SMILES string of the molecule is C=C(C)CC(=S)N(C)C. The molecule has 0 aliphatic carbocycles. The average molecular weight is 143 g/mol. The predicted octanol–water partition coefficient (Wildman–Crippen LogP) is 1.84. The first-order chi connectivity index (χ1) is 4.04. The molecule has 0 aliphatic rings. The molecule has 0 aromatic carbocycles. The fraction of sp³-hybridized carbons (Fsp3) is 0.571. The Hall–Kier alpha value is -0.370. The second-order valence-corrected chi connectivity index (χ2v) is 2.89. The number of thiocarbonyl (C=S) groups is 1. The molecule has 0 bridgehead atoms.